The molecule has 2 rings (SSSR count). The van der Waals surface area contributed by atoms with Gasteiger partial charge < -0.3 is 9.64 Å². The number of benzene rings is 1. The molecule has 0 bridgehead atoms. The quantitative estimate of drug-likeness (QED) is 0.851. The number of rotatable bonds is 4. The molecule has 120 valence electrons. The SMILES string of the molecule is C=Cc1ccc(C(=O)N(CC(F)(F)F)[C@@H]2CCCOC2)cc1. The minimum atomic E-state index is -4.44. The number of carbonyl (C=O) groups is 1. The molecule has 0 aliphatic carbocycles. The lowest BCUT2D eigenvalue weighted by Crippen LogP contribution is -2.49. The molecule has 1 aliphatic rings. The fourth-order valence-electron chi connectivity index (χ4n) is 2.46. The Kier molecular flexibility index (Phi) is 5.24. The molecule has 1 aromatic rings. The highest BCUT2D eigenvalue weighted by Crippen LogP contribution is 2.23. The molecular weight excluding hydrogens is 295 g/mol. The standard InChI is InChI=1S/C16H18F3NO2/c1-2-12-5-7-13(8-6-12)15(21)20(11-16(17,18)19)14-4-3-9-22-10-14/h2,5-8,14H,1,3-4,9-11H2/t14-/m1/s1. The van der Waals surface area contributed by atoms with Gasteiger partial charge >= 0.3 is 6.18 Å². The Labute approximate surface area is 127 Å². The smallest absolute Gasteiger partial charge is 0.379 e. The van der Waals surface area contributed by atoms with Gasteiger partial charge in [0.2, 0.25) is 0 Å². The second-order valence-corrected chi connectivity index (χ2v) is 5.25. The van der Waals surface area contributed by atoms with E-state index in [0.29, 0.717) is 19.4 Å². The lowest BCUT2D eigenvalue weighted by molar-refractivity contribution is -0.148. The molecule has 3 nitrogen and oxygen atoms in total. The number of ether oxygens (including phenoxy) is 1. The van der Waals surface area contributed by atoms with Crippen LogP contribution in [0.1, 0.15) is 28.8 Å². The Balaban J connectivity index is 2.21. The van der Waals surface area contributed by atoms with E-state index in [0.717, 1.165) is 10.5 Å². The number of hydrogen-bond donors (Lipinski definition) is 0. The zero-order chi connectivity index (χ0) is 16.2. The number of alkyl halides is 3. The Bertz CT molecular complexity index is 519. The molecular formula is C16H18F3NO2. The maximum atomic E-state index is 12.8. The van der Waals surface area contributed by atoms with Crippen LogP contribution in [-0.4, -0.2) is 42.8 Å². The van der Waals surface area contributed by atoms with Crippen molar-refractivity contribution in [3.63, 3.8) is 0 Å². The molecule has 1 amide bonds. The van der Waals surface area contributed by atoms with Crippen LogP contribution in [0.4, 0.5) is 13.2 Å². The molecule has 0 N–H and O–H groups in total. The van der Waals surface area contributed by atoms with Crippen molar-refractivity contribution < 1.29 is 22.7 Å². The molecule has 6 heteroatoms. The first kappa shape index (κ1) is 16.5. The van der Waals surface area contributed by atoms with Gasteiger partial charge in [-0.25, -0.2) is 0 Å². The molecule has 1 saturated heterocycles. The minimum absolute atomic E-state index is 0.145. The predicted octanol–water partition coefficient (Wildman–Crippen LogP) is 3.51. The molecule has 1 aliphatic heterocycles. The van der Waals surface area contributed by atoms with Crippen molar-refractivity contribution in [2.45, 2.75) is 25.1 Å². The van der Waals surface area contributed by atoms with Crippen LogP contribution in [0.3, 0.4) is 0 Å². The van der Waals surface area contributed by atoms with Gasteiger partial charge in [-0.1, -0.05) is 24.8 Å². The number of halogens is 3. The van der Waals surface area contributed by atoms with E-state index >= 15 is 0 Å². The normalized spacial score (nSPS) is 18.8. The second-order valence-electron chi connectivity index (χ2n) is 5.25. The summed E-state index contributed by atoms with van der Waals surface area (Å²) in [6.45, 7) is 3.01. The first-order valence-corrected chi connectivity index (χ1v) is 7.08. The molecule has 0 radical (unpaired) electrons. The van der Waals surface area contributed by atoms with E-state index in [1.165, 1.54) is 12.1 Å². The van der Waals surface area contributed by atoms with Crippen molar-refractivity contribution in [1.29, 1.82) is 0 Å². The fourth-order valence-corrected chi connectivity index (χ4v) is 2.46. The van der Waals surface area contributed by atoms with Crippen LogP contribution in [0.15, 0.2) is 30.8 Å². The maximum Gasteiger partial charge on any atom is 0.406 e. The lowest BCUT2D eigenvalue weighted by atomic mass is 10.1. The van der Waals surface area contributed by atoms with Crippen LogP contribution in [0.5, 0.6) is 0 Å². The minimum Gasteiger partial charge on any atom is -0.379 e. The highest BCUT2D eigenvalue weighted by Gasteiger charge is 2.37. The number of amides is 1. The van der Waals surface area contributed by atoms with Gasteiger partial charge in [0.15, 0.2) is 0 Å². The molecule has 1 fully saturated rings. The van der Waals surface area contributed by atoms with E-state index in [-0.39, 0.29) is 12.2 Å². The molecule has 1 heterocycles. The molecule has 0 unspecified atom stereocenters. The molecule has 0 spiro atoms. The summed E-state index contributed by atoms with van der Waals surface area (Å²) in [5, 5.41) is 0. The number of hydrogen-bond acceptors (Lipinski definition) is 2. The van der Waals surface area contributed by atoms with Gasteiger partial charge in [-0.05, 0) is 30.5 Å². The molecule has 1 aromatic carbocycles. The average molecular weight is 313 g/mol. The zero-order valence-corrected chi connectivity index (χ0v) is 12.1. The molecule has 22 heavy (non-hydrogen) atoms. The Morgan fingerprint density at radius 2 is 2.05 bits per heavy atom. The zero-order valence-electron chi connectivity index (χ0n) is 12.1. The first-order chi connectivity index (χ1) is 10.4. The third kappa shape index (κ3) is 4.34. The van der Waals surface area contributed by atoms with Crippen molar-refractivity contribution in [3.05, 3.63) is 42.0 Å². The van der Waals surface area contributed by atoms with Crippen molar-refractivity contribution >= 4 is 12.0 Å². The largest absolute Gasteiger partial charge is 0.406 e. The van der Waals surface area contributed by atoms with Crippen LogP contribution in [-0.2, 0) is 4.74 Å². The Hall–Kier alpha value is -1.82. The highest BCUT2D eigenvalue weighted by molar-refractivity contribution is 5.94. The van der Waals surface area contributed by atoms with Crippen molar-refractivity contribution in [2.24, 2.45) is 0 Å². The third-order valence-electron chi connectivity index (χ3n) is 3.58. The number of nitrogens with zero attached hydrogens (tertiary/aromatic N) is 1. The summed E-state index contributed by atoms with van der Waals surface area (Å²) in [7, 11) is 0. The van der Waals surface area contributed by atoms with Gasteiger partial charge in [-0.2, -0.15) is 13.2 Å². The van der Waals surface area contributed by atoms with Crippen molar-refractivity contribution in [2.75, 3.05) is 19.8 Å². The molecule has 1 atom stereocenters. The van der Waals surface area contributed by atoms with Crippen molar-refractivity contribution in [1.82, 2.24) is 4.90 Å². The topological polar surface area (TPSA) is 29.5 Å². The van der Waals surface area contributed by atoms with E-state index in [1.54, 1.807) is 18.2 Å². The van der Waals surface area contributed by atoms with E-state index in [4.69, 9.17) is 4.74 Å². The van der Waals surface area contributed by atoms with E-state index in [1.807, 2.05) is 0 Å². The summed E-state index contributed by atoms with van der Waals surface area (Å²) >= 11 is 0. The summed E-state index contributed by atoms with van der Waals surface area (Å²) in [4.78, 5) is 13.3. The fraction of sp³-hybridized carbons (Fsp3) is 0.438. The first-order valence-electron chi connectivity index (χ1n) is 7.08. The van der Waals surface area contributed by atoms with Gasteiger partial charge in [0.05, 0.1) is 12.6 Å². The Morgan fingerprint density at radius 3 is 2.55 bits per heavy atom. The van der Waals surface area contributed by atoms with Crippen molar-refractivity contribution in [3.8, 4) is 0 Å². The van der Waals surface area contributed by atoms with Crippen LogP contribution >= 0.6 is 0 Å². The summed E-state index contributed by atoms with van der Waals surface area (Å²) < 4.78 is 43.6. The summed E-state index contributed by atoms with van der Waals surface area (Å²) in [5.41, 5.74) is 1.04. The molecule has 0 saturated carbocycles. The lowest BCUT2D eigenvalue weighted by Gasteiger charge is -2.34. The van der Waals surface area contributed by atoms with Gasteiger partial charge in [0, 0.05) is 12.2 Å². The summed E-state index contributed by atoms with van der Waals surface area (Å²) in [6.07, 6.45) is -1.65. The predicted molar refractivity (Wildman–Crippen MR) is 77.5 cm³/mol. The van der Waals surface area contributed by atoms with Crippen LogP contribution < -0.4 is 0 Å². The summed E-state index contributed by atoms with van der Waals surface area (Å²) in [6, 6.07) is 5.81. The van der Waals surface area contributed by atoms with Crippen LogP contribution in [0.25, 0.3) is 6.08 Å². The maximum absolute atomic E-state index is 12.8. The average Bonchev–Trinajstić information content (AvgIpc) is 2.52. The van der Waals surface area contributed by atoms with Gasteiger partial charge in [-0.3, -0.25) is 4.79 Å². The third-order valence-corrected chi connectivity index (χ3v) is 3.58. The monoisotopic (exact) mass is 313 g/mol. The van der Waals surface area contributed by atoms with Gasteiger partial charge in [0.25, 0.3) is 5.91 Å². The van der Waals surface area contributed by atoms with Gasteiger partial charge in [0.1, 0.15) is 6.54 Å². The second kappa shape index (κ2) is 6.96. The van der Waals surface area contributed by atoms with E-state index < -0.39 is 24.7 Å². The number of carbonyl (C=O) groups excluding carboxylic acids is 1. The van der Waals surface area contributed by atoms with E-state index in [2.05, 4.69) is 6.58 Å². The van der Waals surface area contributed by atoms with Crippen LogP contribution in [0.2, 0.25) is 0 Å². The Morgan fingerprint density at radius 1 is 1.36 bits per heavy atom. The van der Waals surface area contributed by atoms with Crippen LogP contribution in [0, 0.1) is 0 Å². The van der Waals surface area contributed by atoms with Gasteiger partial charge in [-0.15, -0.1) is 0 Å². The highest BCUT2D eigenvalue weighted by atomic mass is 19.4. The summed E-state index contributed by atoms with van der Waals surface area (Å²) in [5.74, 6) is -0.622. The van der Waals surface area contributed by atoms with E-state index in [9.17, 15) is 18.0 Å². The molecule has 0 aromatic heterocycles.